The smallest absolute Gasteiger partial charge is 0.255 e. The molecule has 3 amide bonds. The number of rotatable bonds is 4. The van der Waals surface area contributed by atoms with Gasteiger partial charge in [-0.1, -0.05) is 24.3 Å². The second kappa shape index (κ2) is 6.97. The first-order valence-corrected chi connectivity index (χ1v) is 9.94. The number of fused-ring (bicyclic) bond motifs is 2. The van der Waals surface area contributed by atoms with E-state index in [9.17, 15) is 14.4 Å². The first-order valence-electron chi connectivity index (χ1n) is 9.20. The van der Waals surface area contributed by atoms with E-state index in [0.717, 1.165) is 28.6 Å². The maximum atomic E-state index is 12.8. The van der Waals surface area contributed by atoms with E-state index in [2.05, 4.69) is 5.32 Å². The molecule has 1 atom stereocenters. The lowest BCUT2D eigenvalue weighted by atomic mass is 10.0. The summed E-state index contributed by atoms with van der Waals surface area (Å²) in [5, 5.41) is 3.90. The standard InChI is InChI=1S/C21H16N2O5S/c24-18-9-8-15(20(25)22-18)23-11-14-13(21(23)26)5-3-7-17(14)28-29-19-10-12-4-1-2-6-16(12)27-19/h1-7,10,15H,8-9,11H2,(H,22,24,25). The lowest BCUT2D eigenvalue weighted by Gasteiger charge is -2.29. The van der Waals surface area contributed by atoms with Crippen LogP contribution >= 0.6 is 12.0 Å². The Morgan fingerprint density at radius 2 is 1.97 bits per heavy atom. The van der Waals surface area contributed by atoms with Crippen LogP contribution in [0.25, 0.3) is 11.0 Å². The molecule has 1 unspecified atom stereocenters. The molecule has 0 radical (unpaired) electrons. The number of piperidine rings is 1. The quantitative estimate of drug-likeness (QED) is 0.526. The van der Waals surface area contributed by atoms with E-state index >= 15 is 0 Å². The Morgan fingerprint density at radius 1 is 1.10 bits per heavy atom. The van der Waals surface area contributed by atoms with Crippen LogP contribution in [-0.4, -0.2) is 28.7 Å². The highest BCUT2D eigenvalue weighted by Gasteiger charge is 2.40. The molecule has 5 rings (SSSR count). The number of imide groups is 1. The summed E-state index contributed by atoms with van der Waals surface area (Å²) in [5.74, 6) is -0.409. The zero-order valence-corrected chi connectivity index (χ0v) is 16.0. The van der Waals surface area contributed by atoms with E-state index in [1.165, 1.54) is 4.90 Å². The van der Waals surface area contributed by atoms with Gasteiger partial charge >= 0.3 is 0 Å². The molecule has 3 aromatic rings. The van der Waals surface area contributed by atoms with Crippen LogP contribution < -0.4 is 9.50 Å². The second-order valence-corrected chi connectivity index (χ2v) is 7.69. The fraction of sp³-hybridized carbons (Fsp3) is 0.190. The molecule has 2 aliphatic heterocycles. The van der Waals surface area contributed by atoms with Gasteiger partial charge in [0.1, 0.15) is 29.4 Å². The number of carbonyl (C=O) groups is 3. The summed E-state index contributed by atoms with van der Waals surface area (Å²) in [7, 11) is 0. The van der Waals surface area contributed by atoms with Crippen LogP contribution in [0.3, 0.4) is 0 Å². The van der Waals surface area contributed by atoms with Crippen molar-refractivity contribution in [1.82, 2.24) is 10.2 Å². The number of furan rings is 1. The molecule has 0 spiro atoms. The molecular weight excluding hydrogens is 392 g/mol. The van der Waals surface area contributed by atoms with Crippen LogP contribution in [0.5, 0.6) is 5.75 Å². The van der Waals surface area contributed by atoms with Gasteiger partial charge in [-0.25, -0.2) is 0 Å². The molecule has 29 heavy (non-hydrogen) atoms. The Kier molecular flexibility index (Phi) is 4.28. The SMILES string of the molecule is O=C1CCC(N2Cc3c(OSc4cc5ccccc5o4)cccc3C2=O)C(=O)N1. The molecule has 3 heterocycles. The fourth-order valence-electron chi connectivity index (χ4n) is 3.72. The van der Waals surface area contributed by atoms with E-state index in [1.807, 2.05) is 30.3 Å². The van der Waals surface area contributed by atoms with Crippen LogP contribution in [0.1, 0.15) is 28.8 Å². The molecule has 1 saturated heterocycles. The number of benzene rings is 2. The molecular formula is C21H16N2O5S. The molecule has 1 fully saturated rings. The third kappa shape index (κ3) is 3.15. The van der Waals surface area contributed by atoms with E-state index in [0.29, 0.717) is 22.8 Å². The summed E-state index contributed by atoms with van der Waals surface area (Å²) in [6, 6.07) is 14.2. The highest BCUT2D eigenvalue weighted by Crippen LogP contribution is 2.37. The molecule has 0 bridgehead atoms. The van der Waals surface area contributed by atoms with E-state index < -0.39 is 11.9 Å². The summed E-state index contributed by atoms with van der Waals surface area (Å²) in [5.41, 5.74) is 2.01. The number of hydrogen-bond donors (Lipinski definition) is 1. The van der Waals surface area contributed by atoms with Crippen LogP contribution in [0.2, 0.25) is 0 Å². The van der Waals surface area contributed by atoms with Gasteiger partial charge in [-0.15, -0.1) is 0 Å². The van der Waals surface area contributed by atoms with Crippen molar-refractivity contribution in [2.45, 2.75) is 30.5 Å². The minimum Gasteiger partial charge on any atom is -0.446 e. The van der Waals surface area contributed by atoms with Gasteiger partial charge in [0.15, 0.2) is 0 Å². The van der Waals surface area contributed by atoms with Crippen LogP contribution in [0.15, 0.2) is 58.0 Å². The Balaban J connectivity index is 1.36. The number of nitrogens with zero attached hydrogens (tertiary/aromatic N) is 1. The van der Waals surface area contributed by atoms with Crippen molar-refractivity contribution in [2.24, 2.45) is 0 Å². The Bertz CT molecular complexity index is 1120. The van der Waals surface area contributed by atoms with Gasteiger partial charge in [0.05, 0.1) is 6.54 Å². The minimum atomic E-state index is -0.650. The monoisotopic (exact) mass is 408 g/mol. The van der Waals surface area contributed by atoms with Crippen LogP contribution in [-0.2, 0) is 16.1 Å². The fourth-order valence-corrected chi connectivity index (χ4v) is 4.35. The van der Waals surface area contributed by atoms with Crippen molar-refractivity contribution in [3.63, 3.8) is 0 Å². The molecule has 2 aliphatic rings. The van der Waals surface area contributed by atoms with Crippen molar-refractivity contribution in [1.29, 1.82) is 0 Å². The minimum absolute atomic E-state index is 0.224. The zero-order valence-electron chi connectivity index (χ0n) is 15.2. The molecule has 2 aromatic carbocycles. The number of nitrogens with one attached hydrogen (secondary N) is 1. The predicted octanol–water partition coefficient (Wildman–Crippen LogP) is 3.28. The molecule has 7 nitrogen and oxygen atoms in total. The van der Waals surface area contributed by atoms with Gasteiger partial charge in [0.25, 0.3) is 5.91 Å². The molecule has 0 saturated carbocycles. The highest BCUT2D eigenvalue weighted by atomic mass is 32.2. The normalized spacial score (nSPS) is 18.8. The van der Waals surface area contributed by atoms with Gasteiger partial charge in [-0.3, -0.25) is 19.7 Å². The summed E-state index contributed by atoms with van der Waals surface area (Å²) in [4.78, 5) is 38.0. The molecule has 1 aromatic heterocycles. The van der Waals surface area contributed by atoms with Crippen LogP contribution in [0.4, 0.5) is 0 Å². The van der Waals surface area contributed by atoms with E-state index in [4.69, 9.17) is 8.60 Å². The molecule has 8 heteroatoms. The maximum absolute atomic E-state index is 12.8. The van der Waals surface area contributed by atoms with Crippen molar-refractivity contribution in [3.05, 3.63) is 59.7 Å². The number of amides is 3. The van der Waals surface area contributed by atoms with Gasteiger partial charge in [-0.05, 0) is 24.6 Å². The van der Waals surface area contributed by atoms with Crippen molar-refractivity contribution in [2.75, 3.05) is 0 Å². The van der Waals surface area contributed by atoms with Crippen molar-refractivity contribution >= 4 is 40.7 Å². The largest absolute Gasteiger partial charge is 0.446 e. The molecule has 1 N–H and O–H groups in total. The predicted molar refractivity (Wildman–Crippen MR) is 105 cm³/mol. The van der Waals surface area contributed by atoms with Gasteiger partial charge in [-0.2, -0.15) is 0 Å². The number of para-hydroxylation sites is 1. The average molecular weight is 408 g/mol. The number of hydrogen-bond acceptors (Lipinski definition) is 6. The highest BCUT2D eigenvalue weighted by molar-refractivity contribution is 7.94. The molecule has 0 aliphatic carbocycles. The summed E-state index contributed by atoms with van der Waals surface area (Å²) in [6.07, 6.45) is 0.552. The summed E-state index contributed by atoms with van der Waals surface area (Å²) in [6.45, 7) is 0.261. The summed E-state index contributed by atoms with van der Waals surface area (Å²) < 4.78 is 11.6. The maximum Gasteiger partial charge on any atom is 0.255 e. The van der Waals surface area contributed by atoms with Crippen LogP contribution in [0, 0.1) is 0 Å². The zero-order chi connectivity index (χ0) is 20.0. The van der Waals surface area contributed by atoms with Gasteiger partial charge in [0, 0.05) is 29.0 Å². The lowest BCUT2D eigenvalue weighted by molar-refractivity contribution is -0.136. The Hall–Kier alpha value is -3.26. The van der Waals surface area contributed by atoms with E-state index in [-0.39, 0.29) is 24.8 Å². The van der Waals surface area contributed by atoms with Crippen molar-refractivity contribution < 1.29 is 23.0 Å². The topological polar surface area (TPSA) is 88.9 Å². The summed E-state index contributed by atoms with van der Waals surface area (Å²) >= 11 is 1.08. The van der Waals surface area contributed by atoms with E-state index in [1.54, 1.807) is 18.2 Å². The Labute approximate surface area is 170 Å². The van der Waals surface area contributed by atoms with Crippen molar-refractivity contribution in [3.8, 4) is 5.75 Å². The average Bonchev–Trinajstić information content (AvgIpc) is 3.28. The molecule has 146 valence electrons. The third-order valence-electron chi connectivity index (χ3n) is 5.16. The van der Waals surface area contributed by atoms with Gasteiger partial charge in [0.2, 0.25) is 16.9 Å². The third-order valence-corrected chi connectivity index (χ3v) is 5.78. The first-order chi connectivity index (χ1) is 14.1. The Morgan fingerprint density at radius 3 is 2.79 bits per heavy atom. The first kappa shape index (κ1) is 17.8. The lowest BCUT2D eigenvalue weighted by Crippen LogP contribution is -2.52. The van der Waals surface area contributed by atoms with Gasteiger partial charge < -0.3 is 13.5 Å². The number of carbonyl (C=O) groups excluding carboxylic acids is 3. The second-order valence-electron chi connectivity index (χ2n) is 6.95.